The van der Waals surface area contributed by atoms with E-state index in [-0.39, 0.29) is 31.9 Å². The first-order chi connectivity index (χ1) is 10.8. The van der Waals surface area contributed by atoms with E-state index in [1.807, 2.05) is 0 Å². The van der Waals surface area contributed by atoms with Crippen LogP contribution in [0.2, 0.25) is 10.0 Å². The molecule has 0 aromatic heterocycles. The van der Waals surface area contributed by atoms with Crippen LogP contribution in [0.15, 0.2) is 41.3 Å². The molecule has 2 aromatic rings. The third-order valence-corrected chi connectivity index (χ3v) is 4.93. The molecule has 122 valence electrons. The van der Waals surface area contributed by atoms with Gasteiger partial charge in [-0.1, -0.05) is 35.3 Å². The van der Waals surface area contributed by atoms with Crippen molar-refractivity contribution in [2.75, 3.05) is 11.8 Å². The fraction of sp³-hybridized carbons (Fsp3) is 0.0714. The van der Waals surface area contributed by atoms with Crippen LogP contribution >= 0.6 is 23.2 Å². The molecule has 0 unspecified atom stereocenters. The molecule has 2 aromatic carbocycles. The second-order valence-corrected chi connectivity index (χ2v) is 6.93. The average Bonchev–Trinajstić information content (AvgIpc) is 2.51. The zero-order chi connectivity index (χ0) is 17.2. The Balaban J connectivity index is 2.47. The zero-order valence-electron chi connectivity index (χ0n) is 11.8. The summed E-state index contributed by atoms with van der Waals surface area (Å²) in [5.41, 5.74) is 0.0583. The Hall–Kier alpha value is -1.96. The molecule has 0 saturated heterocycles. The number of phenolic OH excluding ortho intramolecular Hbond substituents is 1. The molecule has 1 amide bonds. The lowest BCUT2D eigenvalue weighted by Crippen LogP contribution is -2.23. The molecule has 0 heterocycles. The Morgan fingerprint density at radius 2 is 1.70 bits per heavy atom. The zero-order valence-corrected chi connectivity index (χ0v) is 14.1. The van der Waals surface area contributed by atoms with E-state index in [0.29, 0.717) is 0 Å². The Bertz CT molecular complexity index is 846. The standard InChI is InChI=1S/C14H12Cl2N2O4S/c1-17-14(20)9-4-2-3-5-12(9)23(21,22)18-8-6-10(15)13(19)11(16)7-8/h2-7,18-19H,1H3,(H,17,20). The Kier molecular flexibility index (Phi) is 5.03. The lowest BCUT2D eigenvalue weighted by atomic mass is 10.2. The van der Waals surface area contributed by atoms with Crippen molar-refractivity contribution in [3.63, 3.8) is 0 Å². The smallest absolute Gasteiger partial charge is 0.262 e. The van der Waals surface area contributed by atoms with E-state index >= 15 is 0 Å². The number of halogens is 2. The first-order valence-corrected chi connectivity index (χ1v) is 8.52. The van der Waals surface area contributed by atoms with Gasteiger partial charge in [0.25, 0.3) is 15.9 Å². The normalized spacial score (nSPS) is 11.1. The molecule has 0 aliphatic carbocycles. The highest BCUT2D eigenvalue weighted by molar-refractivity contribution is 7.92. The molecular formula is C14H12Cl2N2O4S. The Morgan fingerprint density at radius 1 is 1.13 bits per heavy atom. The van der Waals surface area contributed by atoms with Crippen molar-refractivity contribution in [3.05, 3.63) is 52.0 Å². The van der Waals surface area contributed by atoms with E-state index in [1.165, 1.54) is 37.4 Å². The van der Waals surface area contributed by atoms with Crippen LogP contribution in [0.1, 0.15) is 10.4 Å². The fourth-order valence-electron chi connectivity index (χ4n) is 1.86. The van der Waals surface area contributed by atoms with Crippen LogP contribution in [0.5, 0.6) is 5.75 Å². The number of carbonyl (C=O) groups excluding carboxylic acids is 1. The number of hydrogen-bond acceptors (Lipinski definition) is 4. The van der Waals surface area contributed by atoms with E-state index in [4.69, 9.17) is 23.2 Å². The number of rotatable bonds is 4. The van der Waals surface area contributed by atoms with Gasteiger partial charge < -0.3 is 10.4 Å². The van der Waals surface area contributed by atoms with Gasteiger partial charge in [0.1, 0.15) is 4.90 Å². The first kappa shape index (κ1) is 17.4. The molecule has 0 aliphatic rings. The monoisotopic (exact) mass is 374 g/mol. The SMILES string of the molecule is CNC(=O)c1ccccc1S(=O)(=O)Nc1cc(Cl)c(O)c(Cl)c1. The molecule has 0 radical (unpaired) electrons. The molecule has 23 heavy (non-hydrogen) atoms. The maximum Gasteiger partial charge on any atom is 0.262 e. The highest BCUT2D eigenvalue weighted by atomic mass is 35.5. The minimum Gasteiger partial charge on any atom is -0.505 e. The predicted octanol–water partition coefficient (Wildman–Crippen LogP) is 2.86. The lowest BCUT2D eigenvalue weighted by Gasteiger charge is -2.12. The predicted molar refractivity (Wildman–Crippen MR) is 88.8 cm³/mol. The summed E-state index contributed by atoms with van der Waals surface area (Å²) in [5, 5.41) is 11.7. The molecule has 0 saturated carbocycles. The van der Waals surface area contributed by atoms with Gasteiger partial charge in [0.15, 0.2) is 5.75 Å². The maximum absolute atomic E-state index is 12.5. The summed E-state index contributed by atoms with van der Waals surface area (Å²) in [6.45, 7) is 0. The van der Waals surface area contributed by atoms with Crippen LogP contribution in [0.4, 0.5) is 5.69 Å². The van der Waals surface area contributed by atoms with E-state index in [0.717, 1.165) is 0 Å². The van der Waals surface area contributed by atoms with Crippen molar-refractivity contribution in [1.82, 2.24) is 5.32 Å². The number of carbonyl (C=O) groups is 1. The maximum atomic E-state index is 12.5. The van der Waals surface area contributed by atoms with Crippen molar-refractivity contribution in [2.24, 2.45) is 0 Å². The van der Waals surface area contributed by atoms with Crippen LogP contribution in [0.3, 0.4) is 0 Å². The molecule has 0 spiro atoms. The van der Waals surface area contributed by atoms with Crippen LogP contribution in [0, 0.1) is 0 Å². The summed E-state index contributed by atoms with van der Waals surface area (Å²) >= 11 is 11.5. The van der Waals surface area contributed by atoms with Crippen molar-refractivity contribution < 1.29 is 18.3 Å². The van der Waals surface area contributed by atoms with Crippen LogP contribution in [0.25, 0.3) is 0 Å². The molecular weight excluding hydrogens is 363 g/mol. The van der Waals surface area contributed by atoms with Gasteiger partial charge in [-0.05, 0) is 24.3 Å². The summed E-state index contributed by atoms with van der Waals surface area (Å²) in [7, 11) is -2.65. The summed E-state index contributed by atoms with van der Waals surface area (Å²) < 4.78 is 27.3. The molecule has 0 aliphatic heterocycles. The van der Waals surface area contributed by atoms with E-state index in [9.17, 15) is 18.3 Å². The molecule has 0 atom stereocenters. The van der Waals surface area contributed by atoms with Gasteiger partial charge in [-0.15, -0.1) is 0 Å². The van der Waals surface area contributed by atoms with Gasteiger partial charge in [0, 0.05) is 7.05 Å². The first-order valence-electron chi connectivity index (χ1n) is 6.28. The van der Waals surface area contributed by atoms with Crippen molar-refractivity contribution in [2.45, 2.75) is 4.90 Å². The number of aromatic hydroxyl groups is 1. The summed E-state index contributed by atoms with van der Waals surface area (Å²) in [6, 6.07) is 8.17. The van der Waals surface area contributed by atoms with Gasteiger partial charge in [-0.25, -0.2) is 8.42 Å². The Labute approximate surface area is 143 Å². The van der Waals surface area contributed by atoms with Crippen LogP contribution < -0.4 is 10.0 Å². The van der Waals surface area contributed by atoms with Crippen molar-refractivity contribution >= 4 is 44.8 Å². The van der Waals surface area contributed by atoms with Gasteiger partial charge in [0.05, 0.1) is 21.3 Å². The molecule has 2 rings (SSSR count). The van der Waals surface area contributed by atoms with Crippen LogP contribution in [-0.4, -0.2) is 26.5 Å². The highest BCUT2D eigenvalue weighted by Gasteiger charge is 2.22. The van der Waals surface area contributed by atoms with E-state index in [2.05, 4.69) is 10.0 Å². The number of nitrogens with one attached hydrogen (secondary N) is 2. The third kappa shape index (κ3) is 3.69. The van der Waals surface area contributed by atoms with Crippen molar-refractivity contribution in [3.8, 4) is 5.75 Å². The van der Waals surface area contributed by atoms with Gasteiger partial charge in [-0.2, -0.15) is 0 Å². The summed E-state index contributed by atoms with van der Waals surface area (Å²) in [5.74, 6) is -0.880. The molecule has 3 N–H and O–H groups in total. The van der Waals surface area contributed by atoms with Crippen LogP contribution in [-0.2, 0) is 10.0 Å². The molecule has 0 bridgehead atoms. The average molecular weight is 375 g/mol. The lowest BCUT2D eigenvalue weighted by molar-refractivity contribution is 0.0960. The largest absolute Gasteiger partial charge is 0.505 e. The highest BCUT2D eigenvalue weighted by Crippen LogP contribution is 2.35. The second-order valence-electron chi connectivity index (χ2n) is 4.47. The molecule has 0 fully saturated rings. The number of sulfonamides is 1. The van der Waals surface area contributed by atoms with E-state index < -0.39 is 15.9 Å². The van der Waals surface area contributed by atoms with Crippen molar-refractivity contribution in [1.29, 1.82) is 0 Å². The number of benzene rings is 2. The van der Waals surface area contributed by atoms with Gasteiger partial charge in [0.2, 0.25) is 0 Å². The molecule has 6 nitrogen and oxygen atoms in total. The van der Waals surface area contributed by atoms with E-state index in [1.54, 1.807) is 6.07 Å². The number of anilines is 1. The second kappa shape index (κ2) is 6.66. The fourth-order valence-corrected chi connectivity index (χ4v) is 3.59. The minimum absolute atomic E-state index is 0.00141. The number of hydrogen-bond donors (Lipinski definition) is 3. The quantitative estimate of drug-likeness (QED) is 0.716. The molecule has 9 heteroatoms. The van der Waals surface area contributed by atoms with Gasteiger partial charge >= 0.3 is 0 Å². The number of amides is 1. The minimum atomic E-state index is -4.06. The number of phenols is 1. The summed E-state index contributed by atoms with van der Waals surface area (Å²) in [4.78, 5) is 11.6. The van der Waals surface area contributed by atoms with Gasteiger partial charge in [-0.3, -0.25) is 9.52 Å². The third-order valence-electron chi connectivity index (χ3n) is 2.92. The summed E-state index contributed by atoms with van der Waals surface area (Å²) in [6.07, 6.45) is 0. The Morgan fingerprint density at radius 3 is 2.26 bits per heavy atom. The topological polar surface area (TPSA) is 95.5 Å².